The van der Waals surface area contributed by atoms with Crippen LogP contribution in [0.3, 0.4) is 0 Å². The van der Waals surface area contributed by atoms with Crippen LogP contribution in [0.2, 0.25) is 0 Å². The van der Waals surface area contributed by atoms with Crippen LogP contribution in [0.4, 0.5) is 0 Å². The van der Waals surface area contributed by atoms with Gasteiger partial charge in [-0.25, -0.2) is 0 Å². The maximum absolute atomic E-state index is 4.29. The zero-order valence-electron chi connectivity index (χ0n) is 11.3. The highest BCUT2D eigenvalue weighted by Gasteiger charge is 2.41. The van der Waals surface area contributed by atoms with E-state index >= 15 is 0 Å². The molecule has 0 aromatic carbocycles. The van der Waals surface area contributed by atoms with Crippen LogP contribution in [0.5, 0.6) is 0 Å². The van der Waals surface area contributed by atoms with E-state index in [1.54, 1.807) is 0 Å². The van der Waals surface area contributed by atoms with Crippen molar-refractivity contribution in [3.63, 3.8) is 0 Å². The molecule has 0 unspecified atom stereocenters. The number of nitrogens with zero attached hydrogens (tertiary/aromatic N) is 4. The van der Waals surface area contributed by atoms with Gasteiger partial charge in [-0.05, 0) is 25.7 Å². The summed E-state index contributed by atoms with van der Waals surface area (Å²) in [6, 6.07) is 0. The molecular formula is C14H25N4+. The molecule has 0 atom stereocenters. The lowest BCUT2D eigenvalue weighted by Gasteiger charge is -2.50. The van der Waals surface area contributed by atoms with Crippen molar-refractivity contribution in [3.8, 4) is 0 Å². The topological polar surface area (TPSA) is 18.8 Å². The molecule has 0 aromatic heterocycles. The Morgan fingerprint density at radius 1 is 0.778 bits per heavy atom. The second-order valence-corrected chi connectivity index (χ2v) is 5.63. The number of hydrogen-bond acceptors (Lipinski definition) is 3. The fourth-order valence-electron chi connectivity index (χ4n) is 3.48. The van der Waals surface area contributed by atoms with E-state index in [1.807, 2.05) is 6.20 Å². The highest BCUT2D eigenvalue weighted by molar-refractivity contribution is 5.59. The summed E-state index contributed by atoms with van der Waals surface area (Å²) >= 11 is 0. The number of quaternary nitrogens is 1. The fourth-order valence-corrected chi connectivity index (χ4v) is 3.48. The van der Waals surface area contributed by atoms with Crippen molar-refractivity contribution in [2.45, 2.75) is 38.5 Å². The minimum Gasteiger partial charge on any atom is -0.257 e. The summed E-state index contributed by atoms with van der Waals surface area (Å²) in [5.41, 5.74) is 0. The van der Waals surface area contributed by atoms with E-state index in [2.05, 4.69) is 27.4 Å². The lowest BCUT2D eigenvalue weighted by atomic mass is 10.1. The average Bonchev–Trinajstić information content (AvgIpc) is 2.50. The van der Waals surface area contributed by atoms with Crippen LogP contribution in [-0.2, 0) is 0 Å². The second-order valence-electron chi connectivity index (χ2n) is 5.63. The van der Waals surface area contributed by atoms with E-state index in [0.717, 1.165) is 11.2 Å². The molecule has 100 valence electrons. The van der Waals surface area contributed by atoms with E-state index in [1.165, 1.54) is 64.7 Å². The van der Waals surface area contributed by atoms with Crippen LogP contribution in [0, 0.1) is 0 Å². The third-order valence-electron chi connectivity index (χ3n) is 4.49. The van der Waals surface area contributed by atoms with Crippen LogP contribution in [0.1, 0.15) is 38.5 Å². The van der Waals surface area contributed by atoms with Gasteiger partial charge < -0.3 is 0 Å². The van der Waals surface area contributed by atoms with Crippen LogP contribution in [-0.4, -0.2) is 53.7 Å². The van der Waals surface area contributed by atoms with Gasteiger partial charge in [0.1, 0.15) is 0 Å². The van der Waals surface area contributed by atoms with Gasteiger partial charge in [-0.2, -0.15) is 0 Å². The molecule has 2 fully saturated rings. The molecule has 0 radical (unpaired) electrons. The van der Waals surface area contributed by atoms with Crippen LogP contribution < -0.4 is 0 Å². The van der Waals surface area contributed by atoms with Crippen molar-refractivity contribution >= 4 is 6.21 Å². The first-order chi connectivity index (χ1) is 8.92. The Hall–Kier alpha value is -0.710. The van der Waals surface area contributed by atoms with E-state index in [-0.39, 0.29) is 0 Å². The molecule has 3 heterocycles. The van der Waals surface area contributed by atoms with Crippen LogP contribution in [0.15, 0.2) is 17.4 Å². The largest absolute Gasteiger partial charge is 0.257 e. The summed E-state index contributed by atoms with van der Waals surface area (Å²) < 4.78 is 0.920. The zero-order chi connectivity index (χ0) is 12.3. The zero-order valence-corrected chi connectivity index (χ0v) is 11.3. The highest BCUT2D eigenvalue weighted by atomic mass is 16.0. The predicted octanol–water partition coefficient (Wildman–Crippen LogP) is 2.16. The van der Waals surface area contributed by atoms with Gasteiger partial charge in [-0.3, -0.25) is 4.99 Å². The van der Waals surface area contributed by atoms with Gasteiger partial charge in [0, 0.05) is 0 Å². The molecule has 4 nitrogen and oxygen atoms in total. The first kappa shape index (κ1) is 12.3. The van der Waals surface area contributed by atoms with E-state index in [4.69, 9.17) is 0 Å². The monoisotopic (exact) mass is 249 g/mol. The Kier molecular flexibility index (Phi) is 3.77. The highest BCUT2D eigenvalue weighted by Crippen LogP contribution is 2.27. The Balaban J connectivity index is 1.82. The normalized spacial score (nSPS) is 29.6. The smallest absolute Gasteiger partial charge is 0.155 e. The maximum Gasteiger partial charge on any atom is 0.155 e. The Morgan fingerprint density at radius 2 is 1.33 bits per heavy atom. The van der Waals surface area contributed by atoms with E-state index in [9.17, 15) is 0 Å². The third kappa shape index (κ3) is 2.25. The van der Waals surface area contributed by atoms with Crippen molar-refractivity contribution in [1.29, 1.82) is 0 Å². The third-order valence-corrected chi connectivity index (χ3v) is 4.49. The fraction of sp³-hybridized carbons (Fsp3) is 0.786. The molecule has 0 saturated carbocycles. The summed E-state index contributed by atoms with van der Waals surface area (Å²) in [5, 5.41) is 5.30. The molecule has 0 amide bonds. The van der Waals surface area contributed by atoms with Crippen LogP contribution >= 0.6 is 0 Å². The summed E-state index contributed by atoms with van der Waals surface area (Å²) in [7, 11) is 0. The molecule has 0 bridgehead atoms. The molecule has 0 aliphatic carbocycles. The molecule has 0 N–H and O–H groups in total. The molecule has 4 heteroatoms. The summed E-state index contributed by atoms with van der Waals surface area (Å²) in [6.45, 7) is 5.93. The second kappa shape index (κ2) is 5.51. The van der Waals surface area contributed by atoms with Crippen LogP contribution in [0.25, 0.3) is 0 Å². The standard InChI is InChI=1S/C14H25N4/c1-3-9-16(10-4-1)18(13-7-15-8-14-18)17-11-5-2-6-12-17/h7-8,13H,1-6,9-12,14H2/q+1. The minimum atomic E-state index is 0.920. The first-order valence-corrected chi connectivity index (χ1v) is 7.50. The number of aliphatic imine (C=N–C) groups is 1. The number of piperidine rings is 2. The summed E-state index contributed by atoms with van der Waals surface area (Å²) in [6.07, 6.45) is 14.6. The lowest BCUT2D eigenvalue weighted by Crippen LogP contribution is -2.68. The van der Waals surface area contributed by atoms with E-state index < -0.39 is 0 Å². The SMILES string of the molecule is C1=C[N+](N2CCCCC2)(N2CCCCC2)CC=N1. The van der Waals surface area contributed by atoms with Gasteiger partial charge in [0.15, 0.2) is 12.7 Å². The first-order valence-electron chi connectivity index (χ1n) is 7.50. The van der Waals surface area contributed by atoms with Crippen molar-refractivity contribution in [1.82, 2.24) is 10.0 Å². The quantitative estimate of drug-likeness (QED) is 0.698. The van der Waals surface area contributed by atoms with Crippen molar-refractivity contribution < 1.29 is 4.70 Å². The average molecular weight is 249 g/mol. The minimum absolute atomic E-state index is 0.920. The number of rotatable bonds is 2. The Bertz CT molecular complexity index is 307. The van der Waals surface area contributed by atoms with Gasteiger partial charge in [0.2, 0.25) is 0 Å². The van der Waals surface area contributed by atoms with Gasteiger partial charge >= 0.3 is 0 Å². The summed E-state index contributed by atoms with van der Waals surface area (Å²) in [4.78, 5) is 4.29. The van der Waals surface area contributed by atoms with Gasteiger partial charge in [-0.1, -0.05) is 12.8 Å². The molecule has 3 rings (SSSR count). The van der Waals surface area contributed by atoms with Crippen molar-refractivity contribution in [2.75, 3.05) is 32.7 Å². The molecule has 2 saturated heterocycles. The van der Waals surface area contributed by atoms with E-state index in [0.29, 0.717) is 0 Å². The lowest BCUT2D eigenvalue weighted by molar-refractivity contribution is -1.08. The van der Waals surface area contributed by atoms with Crippen molar-refractivity contribution in [2.24, 2.45) is 4.99 Å². The maximum atomic E-state index is 4.29. The van der Waals surface area contributed by atoms with Gasteiger partial charge in [-0.15, -0.1) is 14.7 Å². The summed E-state index contributed by atoms with van der Waals surface area (Å²) in [5.74, 6) is 0. The van der Waals surface area contributed by atoms with Gasteiger partial charge in [0.05, 0.1) is 38.6 Å². The predicted molar refractivity (Wildman–Crippen MR) is 73.6 cm³/mol. The molecule has 18 heavy (non-hydrogen) atoms. The van der Waals surface area contributed by atoms with Gasteiger partial charge in [0.25, 0.3) is 0 Å². The molecule has 0 spiro atoms. The molecule has 0 aromatic rings. The molecule has 3 aliphatic rings. The molecule has 3 aliphatic heterocycles. The Labute approximate surface area is 110 Å². The molecular weight excluding hydrogens is 224 g/mol. The number of hydrogen-bond donors (Lipinski definition) is 0. The Morgan fingerprint density at radius 3 is 1.78 bits per heavy atom. The van der Waals surface area contributed by atoms with Crippen molar-refractivity contribution in [3.05, 3.63) is 12.4 Å².